The van der Waals surface area contributed by atoms with Gasteiger partial charge in [-0.05, 0) is 49.9 Å². The number of amides is 1. The molecule has 1 aliphatic heterocycles. The summed E-state index contributed by atoms with van der Waals surface area (Å²) in [4.78, 5) is 26.5. The van der Waals surface area contributed by atoms with Crippen molar-refractivity contribution in [2.75, 3.05) is 18.0 Å². The maximum atomic E-state index is 12.3. The van der Waals surface area contributed by atoms with Crippen LogP contribution in [0.1, 0.15) is 40.0 Å². The van der Waals surface area contributed by atoms with Crippen LogP contribution in [0.3, 0.4) is 0 Å². The molecule has 1 aromatic carbocycles. The van der Waals surface area contributed by atoms with Gasteiger partial charge in [0.2, 0.25) is 0 Å². The van der Waals surface area contributed by atoms with Gasteiger partial charge in [0.05, 0.1) is 5.69 Å². The lowest BCUT2D eigenvalue weighted by atomic mass is 10.1. The summed E-state index contributed by atoms with van der Waals surface area (Å²) in [6.07, 6.45) is 2.49. The lowest BCUT2D eigenvalue weighted by Gasteiger charge is -2.17. The van der Waals surface area contributed by atoms with Crippen molar-refractivity contribution < 1.29 is 4.79 Å². The highest BCUT2D eigenvalue weighted by Crippen LogP contribution is 2.20. The van der Waals surface area contributed by atoms with Crippen molar-refractivity contribution in [3.8, 4) is 0 Å². The van der Waals surface area contributed by atoms with E-state index in [1.165, 1.54) is 18.5 Å². The SMILES string of the molecule is Cc1n[nH]c(=O)c(C(=O)NCc2ccc(N3CCCC3)cc2)c1C. The van der Waals surface area contributed by atoms with E-state index in [0.29, 0.717) is 17.8 Å². The fourth-order valence-corrected chi connectivity index (χ4v) is 2.97. The van der Waals surface area contributed by atoms with Crippen molar-refractivity contribution in [1.29, 1.82) is 0 Å². The Morgan fingerprint density at radius 1 is 1.21 bits per heavy atom. The number of H-pyrrole nitrogens is 1. The van der Waals surface area contributed by atoms with Crippen molar-refractivity contribution in [3.05, 3.63) is 57.0 Å². The normalized spacial score (nSPS) is 14.0. The van der Waals surface area contributed by atoms with Crippen LogP contribution >= 0.6 is 0 Å². The molecule has 0 spiro atoms. The van der Waals surface area contributed by atoms with Crippen LogP contribution in [0, 0.1) is 13.8 Å². The third-order valence-corrected chi connectivity index (χ3v) is 4.56. The zero-order valence-corrected chi connectivity index (χ0v) is 14.1. The molecular weight excluding hydrogens is 304 g/mol. The number of benzene rings is 1. The van der Waals surface area contributed by atoms with Gasteiger partial charge in [-0.3, -0.25) is 9.59 Å². The Bertz CT molecular complexity index is 790. The van der Waals surface area contributed by atoms with Crippen molar-refractivity contribution in [2.24, 2.45) is 0 Å². The molecule has 6 heteroatoms. The summed E-state index contributed by atoms with van der Waals surface area (Å²) in [6.45, 7) is 6.11. The summed E-state index contributed by atoms with van der Waals surface area (Å²) < 4.78 is 0. The quantitative estimate of drug-likeness (QED) is 0.900. The Morgan fingerprint density at radius 3 is 2.54 bits per heavy atom. The van der Waals surface area contributed by atoms with E-state index >= 15 is 0 Å². The van der Waals surface area contributed by atoms with Crippen LogP contribution in [0.15, 0.2) is 29.1 Å². The largest absolute Gasteiger partial charge is 0.372 e. The van der Waals surface area contributed by atoms with Gasteiger partial charge in [0.25, 0.3) is 11.5 Å². The van der Waals surface area contributed by atoms with Crippen molar-refractivity contribution in [3.63, 3.8) is 0 Å². The first-order valence-corrected chi connectivity index (χ1v) is 8.24. The van der Waals surface area contributed by atoms with E-state index in [1.54, 1.807) is 13.8 Å². The molecule has 6 nitrogen and oxygen atoms in total. The predicted octanol–water partition coefficient (Wildman–Crippen LogP) is 1.92. The highest BCUT2D eigenvalue weighted by atomic mass is 16.2. The molecule has 0 saturated carbocycles. The van der Waals surface area contributed by atoms with Gasteiger partial charge in [-0.25, -0.2) is 5.10 Å². The summed E-state index contributed by atoms with van der Waals surface area (Å²) >= 11 is 0. The number of carbonyl (C=O) groups is 1. The topological polar surface area (TPSA) is 78.1 Å². The molecule has 1 fully saturated rings. The second kappa shape index (κ2) is 6.86. The minimum atomic E-state index is -0.458. The highest BCUT2D eigenvalue weighted by molar-refractivity contribution is 5.95. The molecule has 2 aromatic rings. The van der Waals surface area contributed by atoms with Gasteiger partial charge in [0.15, 0.2) is 0 Å². The average Bonchev–Trinajstić information content (AvgIpc) is 3.12. The lowest BCUT2D eigenvalue weighted by Crippen LogP contribution is -2.31. The maximum absolute atomic E-state index is 12.3. The second-order valence-electron chi connectivity index (χ2n) is 6.18. The van der Waals surface area contributed by atoms with Gasteiger partial charge in [0.1, 0.15) is 5.56 Å². The summed E-state index contributed by atoms with van der Waals surface area (Å²) in [5, 5.41) is 9.03. The maximum Gasteiger partial charge on any atom is 0.277 e. The zero-order chi connectivity index (χ0) is 17.1. The molecule has 1 amide bonds. The van der Waals surface area contributed by atoms with Crippen molar-refractivity contribution in [2.45, 2.75) is 33.2 Å². The van der Waals surface area contributed by atoms with Gasteiger partial charge in [-0.1, -0.05) is 12.1 Å². The fourth-order valence-electron chi connectivity index (χ4n) is 2.97. The molecule has 24 heavy (non-hydrogen) atoms. The summed E-state index contributed by atoms with van der Waals surface area (Å²) in [7, 11) is 0. The van der Waals surface area contributed by atoms with E-state index in [0.717, 1.165) is 18.7 Å². The average molecular weight is 326 g/mol. The molecule has 1 saturated heterocycles. The van der Waals surface area contributed by atoms with Crippen LogP contribution in [-0.2, 0) is 6.54 Å². The molecule has 0 atom stereocenters. The van der Waals surface area contributed by atoms with Gasteiger partial charge >= 0.3 is 0 Å². The predicted molar refractivity (Wildman–Crippen MR) is 93.4 cm³/mol. The third-order valence-electron chi connectivity index (χ3n) is 4.56. The van der Waals surface area contributed by atoms with E-state index in [9.17, 15) is 9.59 Å². The number of carbonyl (C=O) groups excluding carboxylic acids is 1. The fraction of sp³-hybridized carbons (Fsp3) is 0.389. The number of aromatic nitrogens is 2. The Morgan fingerprint density at radius 2 is 1.88 bits per heavy atom. The first kappa shape index (κ1) is 16.2. The molecule has 0 bridgehead atoms. The Hall–Kier alpha value is -2.63. The van der Waals surface area contributed by atoms with Crippen molar-refractivity contribution in [1.82, 2.24) is 15.5 Å². The second-order valence-corrected chi connectivity index (χ2v) is 6.18. The molecule has 0 aliphatic carbocycles. The number of nitrogens with one attached hydrogen (secondary N) is 2. The molecule has 2 heterocycles. The number of hydrogen-bond acceptors (Lipinski definition) is 4. The van der Waals surface area contributed by atoms with Crippen LogP contribution in [-0.4, -0.2) is 29.2 Å². The Balaban J connectivity index is 1.66. The molecular formula is C18H22N4O2. The first-order chi connectivity index (χ1) is 11.6. The number of hydrogen-bond donors (Lipinski definition) is 2. The van der Waals surface area contributed by atoms with E-state index < -0.39 is 5.56 Å². The number of nitrogens with zero attached hydrogens (tertiary/aromatic N) is 2. The van der Waals surface area contributed by atoms with Crippen LogP contribution in [0.5, 0.6) is 0 Å². The van der Waals surface area contributed by atoms with Gasteiger partial charge in [-0.15, -0.1) is 0 Å². The van der Waals surface area contributed by atoms with Crippen LogP contribution in [0.2, 0.25) is 0 Å². The monoisotopic (exact) mass is 326 g/mol. The van der Waals surface area contributed by atoms with Crippen LogP contribution in [0.25, 0.3) is 0 Å². The van der Waals surface area contributed by atoms with Gasteiger partial charge in [-0.2, -0.15) is 5.10 Å². The van der Waals surface area contributed by atoms with E-state index in [4.69, 9.17) is 0 Å². The third kappa shape index (κ3) is 3.32. The van der Waals surface area contributed by atoms with E-state index in [2.05, 4.69) is 32.5 Å². The molecule has 126 valence electrons. The lowest BCUT2D eigenvalue weighted by molar-refractivity contribution is 0.0948. The summed E-state index contributed by atoms with van der Waals surface area (Å²) in [5.74, 6) is -0.372. The van der Waals surface area contributed by atoms with E-state index in [-0.39, 0.29) is 11.5 Å². The van der Waals surface area contributed by atoms with Gasteiger partial charge < -0.3 is 10.2 Å². The van der Waals surface area contributed by atoms with Crippen molar-refractivity contribution >= 4 is 11.6 Å². The summed E-state index contributed by atoms with van der Waals surface area (Å²) in [5.41, 5.74) is 3.16. The number of anilines is 1. The number of rotatable bonds is 4. The molecule has 1 aliphatic rings. The number of aromatic amines is 1. The highest BCUT2D eigenvalue weighted by Gasteiger charge is 2.16. The zero-order valence-electron chi connectivity index (χ0n) is 14.1. The van der Waals surface area contributed by atoms with Crippen LogP contribution < -0.4 is 15.8 Å². The Labute approximate surface area is 140 Å². The molecule has 1 aromatic heterocycles. The minimum absolute atomic E-state index is 0.135. The minimum Gasteiger partial charge on any atom is -0.372 e. The molecule has 0 radical (unpaired) electrons. The first-order valence-electron chi connectivity index (χ1n) is 8.24. The summed E-state index contributed by atoms with van der Waals surface area (Å²) in [6, 6.07) is 8.20. The standard InChI is InChI=1S/C18H22N4O2/c1-12-13(2)20-21-18(24)16(12)17(23)19-11-14-5-7-15(8-6-14)22-9-3-4-10-22/h5-8H,3-4,9-11H2,1-2H3,(H,19,23)(H,21,24). The Kier molecular flexibility index (Phi) is 4.64. The van der Waals surface area contributed by atoms with E-state index in [1.807, 2.05) is 12.1 Å². The smallest absolute Gasteiger partial charge is 0.277 e. The molecule has 3 rings (SSSR count). The van der Waals surface area contributed by atoms with Crippen LogP contribution in [0.4, 0.5) is 5.69 Å². The number of aryl methyl sites for hydroxylation is 1. The molecule has 2 N–H and O–H groups in total. The molecule has 0 unspecified atom stereocenters. The van der Waals surface area contributed by atoms with Gasteiger partial charge in [0, 0.05) is 25.3 Å².